The molecule has 0 saturated carbocycles. The van der Waals surface area contributed by atoms with Crippen LogP contribution in [0.1, 0.15) is 27.3 Å². The SMILES string of the molecule is Cc1ccc(C)n1-c1ccc(C(=O)N/N=C\c2cn(-c3ccccc3)nc2-c2ccccc2)cc1. The van der Waals surface area contributed by atoms with Crippen LogP contribution in [0.15, 0.2) is 108 Å². The van der Waals surface area contributed by atoms with Gasteiger partial charge in [0.25, 0.3) is 5.91 Å². The zero-order chi connectivity index (χ0) is 24.2. The van der Waals surface area contributed by atoms with Crippen molar-refractivity contribution in [1.29, 1.82) is 0 Å². The molecule has 0 bridgehead atoms. The van der Waals surface area contributed by atoms with Crippen LogP contribution in [-0.4, -0.2) is 26.5 Å². The van der Waals surface area contributed by atoms with Crippen LogP contribution in [0, 0.1) is 13.8 Å². The highest BCUT2D eigenvalue weighted by Gasteiger charge is 2.12. The highest BCUT2D eigenvalue weighted by Crippen LogP contribution is 2.22. The molecular formula is C29H25N5O. The highest BCUT2D eigenvalue weighted by atomic mass is 16.2. The second-order valence-corrected chi connectivity index (χ2v) is 8.28. The van der Waals surface area contributed by atoms with E-state index < -0.39 is 0 Å². The number of carbonyl (C=O) groups is 1. The number of rotatable bonds is 6. The summed E-state index contributed by atoms with van der Waals surface area (Å²) in [6.07, 6.45) is 3.54. The maximum atomic E-state index is 12.7. The second kappa shape index (κ2) is 9.65. The summed E-state index contributed by atoms with van der Waals surface area (Å²) in [5.74, 6) is -0.273. The van der Waals surface area contributed by atoms with Crippen molar-refractivity contribution in [3.8, 4) is 22.6 Å². The number of hydrazone groups is 1. The van der Waals surface area contributed by atoms with Gasteiger partial charge in [0.15, 0.2) is 0 Å². The number of para-hydroxylation sites is 1. The van der Waals surface area contributed by atoms with Crippen LogP contribution in [0.5, 0.6) is 0 Å². The Labute approximate surface area is 204 Å². The molecular weight excluding hydrogens is 434 g/mol. The van der Waals surface area contributed by atoms with Gasteiger partial charge in [0, 0.05) is 40.0 Å². The summed E-state index contributed by atoms with van der Waals surface area (Å²) in [6, 6.07) is 31.5. The molecule has 0 spiro atoms. The third kappa shape index (κ3) is 4.68. The average molecular weight is 460 g/mol. The summed E-state index contributed by atoms with van der Waals surface area (Å²) in [7, 11) is 0. The molecule has 5 aromatic rings. The summed E-state index contributed by atoms with van der Waals surface area (Å²) < 4.78 is 3.96. The third-order valence-corrected chi connectivity index (χ3v) is 5.84. The topological polar surface area (TPSA) is 64.2 Å². The molecule has 0 unspecified atom stereocenters. The van der Waals surface area contributed by atoms with E-state index in [-0.39, 0.29) is 5.91 Å². The number of hydrogen-bond donors (Lipinski definition) is 1. The molecule has 2 aromatic heterocycles. The number of aryl methyl sites for hydroxylation is 2. The minimum absolute atomic E-state index is 0.273. The fraction of sp³-hybridized carbons (Fsp3) is 0.0690. The highest BCUT2D eigenvalue weighted by molar-refractivity contribution is 5.95. The van der Waals surface area contributed by atoms with Crippen LogP contribution >= 0.6 is 0 Å². The lowest BCUT2D eigenvalue weighted by atomic mass is 10.1. The van der Waals surface area contributed by atoms with E-state index in [4.69, 9.17) is 5.10 Å². The quantitative estimate of drug-likeness (QED) is 0.261. The van der Waals surface area contributed by atoms with Crippen molar-refractivity contribution < 1.29 is 4.79 Å². The first-order valence-corrected chi connectivity index (χ1v) is 11.4. The molecule has 5 rings (SSSR count). The Hall–Kier alpha value is -4.71. The van der Waals surface area contributed by atoms with Crippen molar-refractivity contribution in [3.63, 3.8) is 0 Å². The van der Waals surface area contributed by atoms with Gasteiger partial charge in [0.05, 0.1) is 11.9 Å². The van der Waals surface area contributed by atoms with Gasteiger partial charge in [0.2, 0.25) is 0 Å². The summed E-state index contributed by atoms with van der Waals surface area (Å²) >= 11 is 0. The molecule has 0 fully saturated rings. The minimum Gasteiger partial charge on any atom is -0.319 e. The van der Waals surface area contributed by atoms with Gasteiger partial charge < -0.3 is 4.57 Å². The fourth-order valence-electron chi connectivity index (χ4n) is 4.08. The molecule has 0 saturated heterocycles. The molecule has 3 aromatic carbocycles. The lowest BCUT2D eigenvalue weighted by Gasteiger charge is -2.10. The van der Waals surface area contributed by atoms with Crippen LogP contribution < -0.4 is 5.43 Å². The zero-order valence-corrected chi connectivity index (χ0v) is 19.6. The van der Waals surface area contributed by atoms with E-state index in [0.717, 1.165) is 39.6 Å². The summed E-state index contributed by atoms with van der Waals surface area (Å²) in [5, 5.41) is 8.99. The molecule has 6 nitrogen and oxygen atoms in total. The predicted octanol–water partition coefficient (Wildman–Crippen LogP) is 5.71. The molecule has 1 amide bonds. The van der Waals surface area contributed by atoms with E-state index in [1.807, 2.05) is 95.8 Å². The van der Waals surface area contributed by atoms with Crippen LogP contribution in [0.2, 0.25) is 0 Å². The van der Waals surface area contributed by atoms with Crippen molar-refractivity contribution in [2.24, 2.45) is 5.10 Å². The van der Waals surface area contributed by atoms with E-state index in [1.165, 1.54) is 0 Å². The predicted molar refractivity (Wildman–Crippen MR) is 139 cm³/mol. The molecule has 0 radical (unpaired) electrons. The van der Waals surface area contributed by atoms with Gasteiger partial charge in [-0.3, -0.25) is 4.79 Å². The molecule has 0 aliphatic carbocycles. The Morgan fingerprint density at radius 1 is 0.800 bits per heavy atom. The fourth-order valence-corrected chi connectivity index (χ4v) is 4.08. The monoisotopic (exact) mass is 459 g/mol. The Morgan fingerprint density at radius 2 is 1.43 bits per heavy atom. The Morgan fingerprint density at radius 3 is 2.09 bits per heavy atom. The standard InChI is InChI=1S/C29H25N5O/c1-21-13-14-22(2)34(21)27-17-15-24(16-18-27)29(35)31-30-19-25-20-33(26-11-7-4-8-12-26)32-28(25)23-9-5-3-6-10-23/h3-20H,1-2H3,(H,31,35)/b30-19-. The summed E-state index contributed by atoms with van der Waals surface area (Å²) in [4.78, 5) is 12.7. The Balaban J connectivity index is 1.36. The number of hydrogen-bond acceptors (Lipinski definition) is 3. The molecule has 0 aliphatic rings. The number of nitrogens with zero attached hydrogens (tertiary/aromatic N) is 4. The first-order valence-electron chi connectivity index (χ1n) is 11.4. The average Bonchev–Trinajstić information content (AvgIpc) is 3.48. The number of amides is 1. The molecule has 0 aliphatic heterocycles. The van der Waals surface area contributed by atoms with Crippen LogP contribution in [0.25, 0.3) is 22.6 Å². The molecule has 35 heavy (non-hydrogen) atoms. The van der Waals surface area contributed by atoms with Gasteiger partial charge in [-0.15, -0.1) is 0 Å². The minimum atomic E-state index is -0.273. The van der Waals surface area contributed by atoms with Crippen molar-refractivity contribution in [3.05, 3.63) is 126 Å². The van der Waals surface area contributed by atoms with Crippen LogP contribution in [0.3, 0.4) is 0 Å². The number of nitrogens with one attached hydrogen (secondary N) is 1. The largest absolute Gasteiger partial charge is 0.319 e. The normalized spacial score (nSPS) is 11.1. The maximum Gasteiger partial charge on any atom is 0.271 e. The van der Waals surface area contributed by atoms with E-state index >= 15 is 0 Å². The van der Waals surface area contributed by atoms with Gasteiger partial charge in [-0.2, -0.15) is 10.2 Å². The van der Waals surface area contributed by atoms with E-state index in [1.54, 1.807) is 6.21 Å². The third-order valence-electron chi connectivity index (χ3n) is 5.84. The van der Waals surface area contributed by atoms with Crippen LogP contribution in [0.4, 0.5) is 0 Å². The van der Waals surface area contributed by atoms with Crippen molar-refractivity contribution in [1.82, 2.24) is 19.8 Å². The van der Waals surface area contributed by atoms with E-state index in [2.05, 4.69) is 41.1 Å². The Bertz CT molecular complexity index is 1460. The van der Waals surface area contributed by atoms with E-state index in [9.17, 15) is 4.79 Å². The first-order chi connectivity index (χ1) is 17.1. The van der Waals surface area contributed by atoms with Gasteiger partial charge in [-0.1, -0.05) is 48.5 Å². The summed E-state index contributed by atoms with van der Waals surface area (Å²) in [5.41, 5.74) is 10.00. The van der Waals surface area contributed by atoms with Crippen LogP contribution in [-0.2, 0) is 0 Å². The Kier molecular flexibility index (Phi) is 6.09. The van der Waals surface area contributed by atoms with E-state index in [0.29, 0.717) is 5.56 Å². The first kappa shape index (κ1) is 22.1. The molecule has 1 N–H and O–H groups in total. The van der Waals surface area contributed by atoms with Gasteiger partial charge in [-0.05, 0) is 62.4 Å². The molecule has 0 atom stereocenters. The number of benzene rings is 3. The smallest absolute Gasteiger partial charge is 0.271 e. The second-order valence-electron chi connectivity index (χ2n) is 8.28. The zero-order valence-electron chi connectivity index (χ0n) is 19.6. The molecule has 172 valence electrons. The lowest BCUT2D eigenvalue weighted by molar-refractivity contribution is 0.0955. The number of carbonyl (C=O) groups excluding carboxylic acids is 1. The summed E-state index contributed by atoms with van der Waals surface area (Å²) in [6.45, 7) is 4.12. The number of aromatic nitrogens is 3. The van der Waals surface area contributed by atoms with Crippen molar-refractivity contribution in [2.45, 2.75) is 13.8 Å². The van der Waals surface area contributed by atoms with Crippen molar-refractivity contribution in [2.75, 3.05) is 0 Å². The lowest BCUT2D eigenvalue weighted by Crippen LogP contribution is -2.17. The van der Waals surface area contributed by atoms with Gasteiger partial charge >= 0.3 is 0 Å². The maximum absolute atomic E-state index is 12.7. The molecule has 2 heterocycles. The van der Waals surface area contributed by atoms with Gasteiger partial charge in [-0.25, -0.2) is 10.1 Å². The molecule has 6 heteroatoms. The van der Waals surface area contributed by atoms with Gasteiger partial charge in [0.1, 0.15) is 5.69 Å². The van der Waals surface area contributed by atoms with Crippen molar-refractivity contribution >= 4 is 12.1 Å².